The fraction of sp³-hybridized carbons (Fsp3) is 0.333. The highest BCUT2D eigenvalue weighted by Gasteiger charge is 2.12. The van der Waals surface area contributed by atoms with Crippen molar-refractivity contribution >= 4 is 0 Å². The van der Waals surface area contributed by atoms with E-state index in [1.807, 2.05) is 24.3 Å². The number of aryl methyl sites for hydroxylation is 3. The van der Waals surface area contributed by atoms with Crippen LogP contribution in [0.2, 0.25) is 0 Å². The number of aliphatic hydroxyl groups excluding tert-OH is 1. The van der Waals surface area contributed by atoms with Crippen molar-refractivity contribution < 1.29 is 9.84 Å². The Kier molecular flexibility index (Phi) is 4.46. The van der Waals surface area contributed by atoms with E-state index in [1.165, 1.54) is 11.1 Å². The van der Waals surface area contributed by atoms with Gasteiger partial charge in [-0.15, -0.1) is 0 Å². The number of benzene rings is 2. The maximum atomic E-state index is 10.5. The molecule has 0 aliphatic rings. The van der Waals surface area contributed by atoms with Crippen LogP contribution in [0.25, 0.3) is 0 Å². The minimum absolute atomic E-state index is 0.470. The Labute approximate surface area is 121 Å². The van der Waals surface area contributed by atoms with Gasteiger partial charge < -0.3 is 9.84 Å². The van der Waals surface area contributed by atoms with E-state index in [4.69, 9.17) is 4.74 Å². The molecule has 2 nitrogen and oxygen atoms in total. The van der Waals surface area contributed by atoms with Gasteiger partial charge in [-0.05, 0) is 60.7 Å². The van der Waals surface area contributed by atoms with Gasteiger partial charge in [0.2, 0.25) is 0 Å². The van der Waals surface area contributed by atoms with E-state index >= 15 is 0 Å². The minimum Gasteiger partial charge on any atom is -0.497 e. The van der Waals surface area contributed by atoms with Crippen LogP contribution in [0.1, 0.15) is 33.9 Å². The molecule has 0 spiro atoms. The average molecular weight is 270 g/mol. The molecule has 106 valence electrons. The van der Waals surface area contributed by atoms with E-state index in [-0.39, 0.29) is 0 Å². The molecule has 0 aliphatic heterocycles. The molecule has 0 bridgehead atoms. The van der Waals surface area contributed by atoms with Crippen molar-refractivity contribution in [3.8, 4) is 5.75 Å². The number of hydrogen-bond acceptors (Lipinski definition) is 2. The fourth-order valence-electron chi connectivity index (χ4n) is 2.44. The molecule has 1 atom stereocenters. The second-order valence-electron chi connectivity index (χ2n) is 5.36. The summed E-state index contributed by atoms with van der Waals surface area (Å²) in [5.41, 5.74) is 5.76. The van der Waals surface area contributed by atoms with Crippen LogP contribution in [0.5, 0.6) is 5.75 Å². The lowest BCUT2D eigenvalue weighted by molar-refractivity contribution is 0.177. The highest BCUT2D eigenvalue weighted by Crippen LogP contribution is 2.25. The lowest BCUT2D eigenvalue weighted by atomic mass is 9.94. The van der Waals surface area contributed by atoms with Crippen LogP contribution in [0, 0.1) is 20.8 Å². The van der Waals surface area contributed by atoms with Crippen molar-refractivity contribution in [2.24, 2.45) is 0 Å². The largest absolute Gasteiger partial charge is 0.497 e. The molecule has 20 heavy (non-hydrogen) atoms. The molecule has 0 saturated heterocycles. The predicted octanol–water partition coefficient (Wildman–Crippen LogP) is 3.90. The van der Waals surface area contributed by atoms with Crippen LogP contribution in [0.3, 0.4) is 0 Å². The molecule has 2 rings (SSSR count). The molecule has 1 N–H and O–H groups in total. The van der Waals surface area contributed by atoms with Crippen molar-refractivity contribution in [1.82, 2.24) is 0 Å². The zero-order chi connectivity index (χ0) is 14.7. The lowest BCUT2D eigenvalue weighted by Gasteiger charge is -2.16. The zero-order valence-electron chi connectivity index (χ0n) is 12.6. The fourth-order valence-corrected chi connectivity index (χ4v) is 2.44. The Hall–Kier alpha value is -1.80. The molecule has 0 radical (unpaired) electrons. The summed E-state index contributed by atoms with van der Waals surface area (Å²) in [6, 6.07) is 12.1. The Morgan fingerprint density at radius 2 is 1.55 bits per heavy atom. The van der Waals surface area contributed by atoms with E-state index in [9.17, 15) is 5.11 Å². The smallest absolute Gasteiger partial charge is 0.118 e. The van der Waals surface area contributed by atoms with Crippen LogP contribution < -0.4 is 4.74 Å². The Balaban J connectivity index is 2.18. The van der Waals surface area contributed by atoms with E-state index in [0.717, 1.165) is 22.4 Å². The van der Waals surface area contributed by atoms with Crippen molar-refractivity contribution in [2.45, 2.75) is 33.3 Å². The number of rotatable bonds is 4. The van der Waals surface area contributed by atoms with Crippen molar-refractivity contribution in [1.29, 1.82) is 0 Å². The summed E-state index contributed by atoms with van der Waals surface area (Å²) in [7, 11) is 1.66. The van der Waals surface area contributed by atoms with Crippen LogP contribution in [-0.2, 0) is 6.42 Å². The monoisotopic (exact) mass is 270 g/mol. The van der Waals surface area contributed by atoms with Crippen molar-refractivity contribution in [3.05, 3.63) is 64.2 Å². The minimum atomic E-state index is -0.470. The van der Waals surface area contributed by atoms with E-state index in [0.29, 0.717) is 6.42 Å². The summed E-state index contributed by atoms with van der Waals surface area (Å²) in [6.07, 6.45) is 0.149. The van der Waals surface area contributed by atoms with Gasteiger partial charge >= 0.3 is 0 Å². The normalized spacial score (nSPS) is 12.2. The second kappa shape index (κ2) is 6.10. The first kappa shape index (κ1) is 14.6. The van der Waals surface area contributed by atoms with Gasteiger partial charge in [0.05, 0.1) is 13.2 Å². The Morgan fingerprint density at radius 1 is 0.950 bits per heavy atom. The third-order valence-corrected chi connectivity index (χ3v) is 3.83. The number of hydrogen-bond donors (Lipinski definition) is 1. The van der Waals surface area contributed by atoms with Crippen LogP contribution in [0.15, 0.2) is 36.4 Å². The quantitative estimate of drug-likeness (QED) is 0.913. The van der Waals surface area contributed by atoms with Gasteiger partial charge in [-0.25, -0.2) is 0 Å². The molecule has 2 aromatic carbocycles. The molecule has 1 unspecified atom stereocenters. The van der Waals surface area contributed by atoms with Gasteiger partial charge in [0.15, 0.2) is 0 Å². The Bertz CT molecular complexity index is 585. The van der Waals surface area contributed by atoms with Gasteiger partial charge in [0, 0.05) is 6.42 Å². The maximum absolute atomic E-state index is 10.5. The molecule has 0 heterocycles. The van der Waals surface area contributed by atoms with Crippen LogP contribution in [-0.4, -0.2) is 12.2 Å². The Morgan fingerprint density at radius 3 is 2.15 bits per heavy atom. The van der Waals surface area contributed by atoms with E-state index in [1.54, 1.807) is 7.11 Å². The molecule has 0 fully saturated rings. The van der Waals surface area contributed by atoms with E-state index < -0.39 is 6.10 Å². The summed E-state index contributed by atoms with van der Waals surface area (Å²) in [4.78, 5) is 0. The topological polar surface area (TPSA) is 29.5 Å². The third-order valence-electron chi connectivity index (χ3n) is 3.83. The first-order valence-electron chi connectivity index (χ1n) is 6.90. The van der Waals surface area contributed by atoms with E-state index in [2.05, 4.69) is 32.9 Å². The maximum Gasteiger partial charge on any atom is 0.118 e. The molecule has 2 aromatic rings. The first-order valence-corrected chi connectivity index (χ1v) is 6.90. The molecule has 0 aromatic heterocycles. The first-order chi connectivity index (χ1) is 9.51. The zero-order valence-corrected chi connectivity index (χ0v) is 12.6. The average Bonchev–Trinajstić information content (AvgIpc) is 2.43. The number of ether oxygens (including phenoxy) is 1. The van der Waals surface area contributed by atoms with Crippen molar-refractivity contribution in [2.75, 3.05) is 7.11 Å². The molecule has 0 amide bonds. The summed E-state index contributed by atoms with van der Waals surface area (Å²) in [5.74, 6) is 0.839. The highest BCUT2D eigenvalue weighted by molar-refractivity contribution is 5.38. The molecular weight excluding hydrogens is 248 g/mol. The number of methoxy groups -OCH3 is 1. The highest BCUT2D eigenvalue weighted by atomic mass is 16.5. The molecule has 0 saturated carbocycles. The summed E-state index contributed by atoms with van der Waals surface area (Å²) < 4.78 is 5.14. The summed E-state index contributed by atoms with van der Waals surface area (Å²) in [5, 5.41) is 10.5. The third kappa shape index (κ3) is 3.20. The number of aliphatic hydroxyl groups is 1. The van der Waals surface area contributed by atoms with Crippen LogP contribution in [0.4, 0.5) is 0 Å². The standard InChI is InChI=1S/C18H22O2/c1-12-9-14(3)17(10-13(12)2)18(19)11-15-5-7-16(20-4)8-6-15/h5-10,18-19H,11H2,1-4H3. The summed E-state index contributed by atoms with van der Waals surface area (Å²) >= 11 is 0. The molecular formula is C18H22O2. The molecule has 2 heteroatoms. The van der Waals surface area contributed by atoms with Crippen molar-refractivity contribution in [3.63, 3.8) is 0 Å². The van der Waals surface area contributed by atoms with Gasteiger partial charge in [-0.1, -0.05) is 24.3 Å². The van der Waals surface area contributed by atoms with Gasteiger partial charge in [0.1, 0.15) is 5.75 Å². The molecule has 0 aliphatic carbocycles. The van der Waals surface area contributed by atoms with Gasteiger partial charge in [0.25, 0.3) is 0 Å². The van der Waals surface area contributed by atoms with Crippen LogP contribution >= 0.6 is 0 Å². The van der Waals surface area contributed by atoms with Gasteiger partial charge in [-0.2, -0.15) is 0 Å². The SMILES string of the molecule is COc1ccc(CC(O)c2cc(C)c(C)cc2C)cc1. The lowest BCUT2D eigenvalue weighted by Crippen LogP contribution is -2.05. The van der Waals surface area contributed by atoms with Gasteiger partial charge in [-0.3, -0.25) is 0 Å². The summed E-state index contributed by atoms with van der Waals surface area (Å²) in [6.45, 7) is 6.24. The predicted molar refractivity (Wildman–Crippen MR) is 82.3 cm³/mol. The second-order valence-corrected chi connectivity index (χ2v) is 5.36.